The summed E-state index contributed by atoms with van der Waals surface area (Å²) in [7, 11) is -9.16. The van der Waals surface area contributed by atoms with E-state index in [0.29, 0.717) is 11.1 Å². The van der Waals surface area contributed by atoms with Crippen LogP contribution in [0.25, 0.3) is 10.8 Å². The van der Waals surface area contributed by atoms with E-state index in [0.717, 1.165) is 12.1 Å². The molecule has 0 aromatic heterocycles. The normalized spacial score (nSPS) is 11.6. The molecule has 0 aliphatic rings. The summed E-state index contributed by atoms with van der Waals surface area (Å²) in [4.78, 5) is 40.8. The van der Waals surface area contributed by atoms with Gasteiger partial charge in [0.15, 0.2) is 0 Å². The van der Waals surface area contributed by atoms with Crippen LogP contribution in [0.3, 0.4) is 0 Å². The zero-order chi connectivity index (χ0) is 15.8. The molecule has 0 heterocycles. The zero-order valence-corrected chi connectivity index (χ0v) is 15.8. The van der Waals surface area contributed by atoms with Crippen molar-refractivity contribution < 1.29 is 58.3 Å². The fourth-order valence-electron chi connectivity index (χ4n) is 1.89. The topological polar surface area (TPSA) is 127 Å². The summed E-state index contributed by atoms with van der Waals surface area (Å²) in [6.45, 7) is 0. The van der Waals surface area contributed by atoms with Crippen molar-refractivity contribution in [1.29, 1.82) is 0 Å². The number of isothiocyanates is 1. The number of rotatable bonds is 3. The molecule has 0 aliphatic carbocycles. The molecule has 0 radical (unpaired) electrons. The van der Waals surface area contributed by atoms with Gasteiger partial charge in [-0.1, -0.05) is 6.07 Å². The van der Waals surface area contributed by atoms with Gasteiger partial charge in [0.05, 0.1) is 21.5 Å². The molecule has 2 aromatic rings. The van der Waals surface area contributed by atoms with Crippen molar-refractivity contribution in [2.45, 2.75) is 0 Å². The largest absolute Gasteiger partial charge is 1.00 e. The third-order valence-electron chi connectivity index (χ3n) is 2.77. The Morgan fingerprint density at radius 2 is 1.59 bits per heavy atom. The summed E-state index contributed by atoms with van der Waals surface area (Å²) in [5.41, 5.74) is 0.300. The minimum Gasteiger partial charge on any atom is -0.321 e. The van der Waals surface area contributed by atoms with Gasteiger partial charge in [-0.05, 0) is 36.5 Å². The Bertz CT molecular complexity index is 870. The first kappa shape index (κ1) is 19.8. The van der Waals surface area contributed by atoms with E-state index >= 15 is 0 Å². The van der Waals surface area contributed by atoms with Crippen LogP contribution in [-0.4, -0.2) is 24.7 Å². The van der Waals surface area contributed by atoms with Crippen LogP contribution in [0.1, 0.15) is 0 Å². The van der Waals surface area contributed by atoms with Gasteiger partial charge in [0.25, 0.3) is 0 Å². The van der Waals surface area contributed by atoms with Crippen molar-refractivity contribution >= 4 is 59.6 Å². The Balaban J connectivity index is 0.00000242. The molecule has 0 saturated heterocycles. The average molecular weight is 368 g/mol. The first-order valence-electron chi connectivity index (χ1n) is 5.41. The molecule has 2 rings (SSSR count). The van der Waals surface area contributed by atoms with Crippen LogP contribution < -0.4 is 40.2 Å². The van der Waals surface area contributed by atoms with E-state index in [2.05, 4.69) is 22.4 Å². The second kappa shape index (κ2) is 7.14. The van der Waals surface area contributed by atoms with Crippen molar-refractivity contribution in [3.05, 3.63) is 30.3 Å². The second-order valence-corrected chi connectivity index (χ2v) is 7.48. The first-order chi connectivity index (χ1) is 9.64. The predicted molar refractivity (Wildman–Crippen MR) is 82.0 cm³/mol. The van der Waals surface area contributed by atoms with E-state index in [1.54, 1.807) is 0 Å². The molecule has 0 aliphatic heterocycles. The van der Waals surface area contributed by atoms with E-state index < -0.39 is 15.2 Å². The molecule has 0 bridgehead atoms. The maximum atomic E-state index is 11.5. The van der Waals surface area contributed by atoms with Crippen molar-refractivity contribution in [3.8, 4) is 0 Å². The van der Waals surface area contributed by atoms with Gasteiger partial charge in [0.2, 0.25) is 0 Å². The maximum Gasteiger partial charge on any atom is 1.00 e. The Morgan fingerprint density at radius 1 is 0.955 bits per heavy atom. The van der Waals surface area contributed by atoms with Gasteiger partial charge in [-0.2, -0.15) is 4.99 Å². The fourth-order valence-corrected chi connectivity index (χ4v) is 3.32. The average Bonchev–Trinajstić information content (AvgIpc) is 2.36. The Hall–Kier alpha value is -0.200. The standard InChI is InChI=1S/C11H9NO6P2S.Na/c13-19(14,15)7-1-2-8-9(5-7)11(20(16,17)18)4-3-10(8)12-6-21;/h1-5H,(H2,13,14,15)(H2,16,17,18);/q;+1. The maximum absolute atomic E-state index is 11.5. The van der Waals surface area contributed by atoms with E-state index in [-0.39, 0.29) is 45.6 Å². The number of thiocarbonyl (C=S) groups is 1. The molecule has 2 aromatic carbocycles. The third kappa shape index (κ3) is 4.20. The quantitative estimate of drug-likeness (QED) is 0.218. The Kier molecular flexibility index (Phi) is 6.44. The fraction of sp³-hybridized carbons (Fsp3) is 0. The summed E-state index contributed by atoms with van der Waals surface area (Å²) in [5.74, 6) is 0. The van der Waals surface area contributed by atoms with E-state index in [9.17, 15) is 28.7 Å². The van der Waals surface area contributed by atoms with E-state index in [4.69, 9.17) is 0 Å². The van der Waals surface area contributed by atoms with E-state index in [1.165, 1.54) is 18.2 Å². The number of nitrogens with zero attached hydrogens (tertiary/aromatic N) is 1. The predicted octanol–water partition coefficient (Wildman–Crippen LogP) is -1.82. The third-order valence-corrected chi connectivity index (χ3v) is 4.83. The van der Waals surface area contributed by atoms with Crippen LogP contribution >= 0.6 is 27.4 Å². The van der Waals surface area contributed by atoms with Crippen LogP contribution in [0.15, 0.2) is 35.3 Å². The summed E-state index contributed by atoms with van der Waals surface area (Å²) in [6, 6.07) is 6.06. The number of fused-ring (bicyclic) bond motifs is 1. The first-order valence-corrected chi connectivity index (χ1v) is 9.05. The van der Waals surface area contributed by atoms with Gasteiger partial charge in [0, 0.05) is 10.8 Å². The summed E-state index contributed by atoms with van der Waals surface area (Å²) in [6.07, 6.45) is 0. The molecular formula is C11H9NNaO6P2S+. The van der Waals surface area contributed by atoms with Crippen LogP contribution in [-0.2, 0) is 9.13 Å². The molecule has 7 nitrogen and oxygen atoms in total. The van der Waals surface area contributed by atoms with Gasteiger partial charge in [0.1, 0.15) is 0 Å². The number of hydrogen-bond donors (Lipinski definition) is 4. The minimum absolute atomic E-state index is 0. The van der Waals surface area contributed by atoms with Crippen molar-refractivity contribution in [3.63, 3.8) is 0 Å². The molecule has 11 heteroatoms. The van der Waals surface area contributed by atoms with Crippen LogP contribution in [0.5, 0.6) is 0 Å². The van der Waals surface area contributed by atoms with Gasteiger partial charge in [-0.15, -0.1) is 0 Å². The van der Waals surface area contributed by atoms with Gasteiger partial charge < -0.3 is 19.6 Å². The van der Waals surface area contributed by atoms with E-state index in [1.807, 2.05) is 0 Å². The molecule has 0 amide bonds. The second-order valence-electron chi connectivity index (χ2n) is 4.12. The van der Waals surface area contributed by atoms with Gasteiger partial charge >= 0.3 is 44.7 Å². The summed E-state index contributed by atoms with van der Waals surface area (Å²) >= 11 is 4.49. The van der Waals surface area contributed by atoms with Gasteiger partial charge in [-0.25, -0.2) is 0 Å². The zero-order valence-electron chi connectivity index (χ0n) is 11.2. The van der Waals surface area contributed by atoms with Crippen molar-refractivity contribution in [1.82, 2.24) is 0 Å². The van der Waals surface area contributed by atoms with Crippen LogP contribution in [0.4, 0.5) is 5.69 Å². The summed E-state index contributed by atoms with van der Waals surface area (Å²) < 4.78 is 22.8. The van der Waals surface area contributed by atoms with Crippen LogP contribution in [0.2, 0.25) is 0 Å². The Labute approximate surface area is 152 Å². The molecule has 0 spiro atoms. The van der Waals surface area contributed by atoms with Crippen LogP contribution in [0, 0.1) is 0 Å². The smallest absolute Gasteiger partial charge is 0.321 e. The SMILES string of the molecule is O=P(O)(O)c1ccc2c(N=C=S)ccc(P(=O)(O)O)c2c1.[Na+]. The molecule has 0 atom stereocenters. The monoisotopic (exact) mass is 368 g/mol. The van der Waals surface area contributed by atoms with Crippen molar-refractivity contribution in [2.24, 2.45) is 4.99 Å². The van der Waals surface area contributed by atoms with Gasteiger partial charge in [-0.3, -0.25) is 9.13 Å². The Morgan fingerprint density at radius 3 is 2.09 bits per heavy atom. The molecule has 110 valence electrons. The minimum atomic E-state index is -4.62. The molecule has 22 heavy (non-hydrogen) atoms. The van der Waals surface area contributed by atoms with Crippen molar-refractivity contribution in [2.75, 3.05) is 0 Å². The molecule has 0 fully saturated rings. The number of hydrogen-bond acceptors (Lipinski definition) is 4. The summed E-state index contributed by atoms with van der Waals surface area (Å²) in [5, 5.41) is 1.78. The molecular weight excluding hydrogens is 359 g/mol. The number of benzene rings is 2. The molecule has 0 saturated carbocycles. The molecule has 0 unspecified atom stereocenters. The molecule has 4 N–H and O–H groups in total. The number of aliphatic imine (C=N–C) groups is 1.